The minimum Gasteiger partial charge on any atom is -0.392 e. The Hall–Kier alpha value is -1.42. The standard InChI is InChI=1S/C26H31Cl3N2O5/c1-16-22(14-31-11-10-21(33)13-31)35-24(36-23(16)19-6-4-18(15-32)5-7-19)20-8-2-17(3-9-20)12-30-25(34)26(27,28)29/h2-9,16,21-24,32-33H,10-15H2,1H3,(H,30,34)/t16-,21-,22+,23+,24+/m0/s1. The number of hydrogen-bond acceptors (Lipinski definition) is 6. The minimum atomic E-state index is -2.01. The Morgan fingerprint density at radius 3 is 2.28 bits per heavy atom. The second-order valence-corrected chi connectivity index (χ2v) is 11.7. The summed E-state index contributed by atoms with van der Waals surface area (Å²) in [5.74, 6) is -0.621. The van der Waals surface area contributed by atoms with Crippen molar-refractivity contribution in [2.24, 2.45) is 5.92 Å². The summed E-state index contributed by atoms with van der Waals surface area (Å²) in [7, 11) is 0. The molecule has 0 spiro atoms. The Morgan fingerprint density at radius 2 is 1.69 bits per heavy atom. The summed E-state index contributed by atoms with van der Waals surface area (Å²) >= 11 is 16.8. The Kier molecular flexibility index (Phi) is 9.18. The molecule has 10 heteroatoms. The van der Waals surface area contributed by atoms with Crippen molar-refractivity contribution < 1.29 is 24.5 Å². The van der Waals surface area contributed by atoms with Crippen LogP contribution in [0.3, 0.4) is 0 Å². The van der Waals surface area contributed by atoms with Gasteiger partial charge in [0.1, 0.15) is 0 Å². The smallest absolute Gasteiger partial charge is 0.272 e. The summed E-state index contributed by atoms with van der Waals surface area (Å²) < 4.78 is 10.9. The predicted octanol–water partition coefficient (Wildman–Crippen LogP) is 4.02. The van der Waals surface area contributed by atoms with Gasteiger partial charge in [0.2, 0.25) is 0 Å². The number of amides is 1. The maximum atomic E-state index is 11.8. The average molecular weight is 558 g/mol. The summed E-state index contributed by atoms with van der Waals surface area (Å²) in [4.78, 5) is 14.0. The molecular weight excluding hydrogens is 527 g/mol. The fraction of sp³-hybridized carbons (Fsp3) is 0.500. The number of benzene rings is 2. The van der Waals surface area contributed by atoms with Crippen LogP contribution in [0.4, 0.5) is 0 Å². The van der Waals surface area contributed by atoms with E-state index in [0.717, 1.165) is 35.2 Å². The summed E-state index contributed by atoms with van der Waals surface area (Å²) in [5.41, 5.74) is 3.55. The third kappa shape index (κ3) is 6.91. The molecule has 2 aromatic rings. The molecule has 5 atom stereocenters. The predicted molar refractivity (Wildman–Crippen MR) is 139 cm³/mol. The van der Waals surface area contributed by atoms with Crippen molar-refractivity contribution in [3.63, 3.8) is 0 Å². The average Bonchev–Trinajstić information content (AvgIpc) is 3.28. The van der Waals surface area contributed by atoms with Crippen LogP contribution in [0.1, 0.15) is 48.0 Å². The number of likely N-dealkylation sites (tertiary alicyclic amines) is 1. The van der Waals surface area contributed by atoms with Gasteiger partial charge in [-0.15, -0.1) is 0 Å². The molecule has 2 saturated heterocycles. The Balaban J connectivity index is 1.50. The lowest BCUT2D eigenvalue weighted by atomic mass is 9.90. The molecule has 0 bridgehead atoms. The number of carbonyl (C=O) groups is 1. The normalized spacial score (nSPS) is 27.2. The highest BCUT2D eigenvalue weighted by Gasteiger charge is 2.40. The molecule has 36 heavy (non-hydrogen) atoms. The van der Waals surface area contributed by atoms with Crippen molar-refractivity contribution in [3.8, 4) is 0 Å². The zero-order chi connectivity index (χ0) is 25.9. The van der Waals surface area contributed by atoms with Crippen LogP contribution in [0.2, 0.25) is 0 Å². The van der Waals surface area contributed by atoms with Gasteiger partial charge in [-0.05, 0) is 23.1 Å². The number of hydrogen-bond donors (Lipinski definition) is 3. The van der Waals surface area contributed by atoms with Gasteiger partial charge in [0, 0.05) is 37.7 Å². The van der Waals surface area contributed by atoms with E-state index in [1.54, 1.807) is 0 Å². The molecule has 7 nitrogen and oxygen atoms in total. The van der Waals surface area contributed by atoms with E-state index in [4.69, 9.17) is 44.3 Å². The molecule has 0 aromatic heterocycles. The maximum absolute atomic E-state index is 11.8. The molecule has 0 unspecified atom stereocenters. The van der Waals surface area contributed by atoms with Crippen molar-refractivity contribution >= 4 is 40.7 Å². The summed E-state index contributed by atoms with van der Waals surface area (Å²) in [6.45, 7) is 4.50. The minimum absolute atomic E-state index is 0.0124. The first kappa shape index (κ1) is 27.6. The van der Waals surface area contributed by atoms with Crippen molar-refractivity contribution in [3.05, 3.63) is 70.8 Å². The highest BCUT2D eigenvalue weighted by atomic mass is 35.6. The molecule has 0 aliphatic carbocycles. The number of rotatable bonds is 7. The number of carbonyl (C=O) groups excluding carboxylic acids is 1. The van der Waals surface area contributed by atoms with E-state index < -0.39 is 16.0 Å². The largest absolute Gasteiger partial charge is 0.392 e. The molecule has 2 aliphatic rings. The molecule has 4 rings (SSSR count). The molecule has 2 aliphatic heterocycles. The van der Waals surface area contributed by atoms with Gasteiger partial charge < -0.3 is 25.0 Å². The van der Waals surface area contributed by atoms with Crippen LogP contribution < -0.4 is 5.32 Å². The third-order valence-corrected chi connectivity index (χ3v) is 7.29. The van der Waals surface area contributed by atoms with E-state index in [9.17, 15) is 15.0 Å². The van der Waals surface area contributed by atoms with Crippen LogP contribution >= 0.6 is 34.8 Å². The lowest BCUT2D eigenvalue weighted by Crippen LogP contribution is -2.44. The van der Waals surface area contributed by atoms with Crippen LogP contribution in [0.15, 0.2) is 48.5 Å². The highest BCUT2D eigenvalue weighted by Crippen LogP contribution is 2.42. The zero-order valence-electron chi connectivity index (χ0n) is 19.9. The third-order valence-electron chi connectivity index (χ3n) is 6.77. The van der Waals surface area contributed by atoms with Crippen LogP contribution in [-0.2, 0) is 27.4 Å². The molecule has 0 radical (unpaired) electrons. The van der Waals surface area contributed by atoms with Crippen molar-refractivity contribution in [2.45, 2.75) is 54.9 Å². The number of β-amino-alcohol motifs (C(OH)–C–C–N with tert-alkyl or cyclic N) is 1. The number of ether oxygens (including phenoxy) is 2. The first-order valence-electron chi connectivity index (χ1n) is 12.0. The lowest BCUT2D eigenvalue weighted by Gasteiger charge is -2.42. The SMILES string of the molecule is C[C@H]1[C@@H](CN2CC[C@H](O)C2)O[C@@H](c2ccc(CNC(=O)C(Cl)(Cl)Cl)cc2)O[C@H]1c1ccc(CO)cc1. The first-order valence-corrected chi connectivity index (χ1v) is 13.1. The van der Waals surface area contributed by atoms with Gasteiger partial charge >= 0.3 is 0 Å². The van der Waals surface area contributed by atoms with Crippen LogP contribution in [0.25, 0.3) is 0 Å². The van der Waals surface area contributed by atoms with Crippen molar-refractivity contribution in [1.29, 1.82) is 0 Å². The first-order chi connectivity index (χ1) is 17.1. The number of aliphatic hydroxyl groups is 2. The Morgan fingerprint density at radius 1 is 1.06 bits per heavy atom. The van der Waals surface area contributed by atoms with Crippen LogP contribution in [0.5, 0.6) is 0 Å². The quantitative estimate of drug-likeness (QED) is 0.446. The van der Waals surface area contributed by atoms with Gasteiger partial charge in [-0.25, -0.2) is 0 Å². The van der Waals surface area contributed by atoms with E-state index in [-0.39, 0.29) is 37.4 Å². The number of nitrogens with zero attached hydrogens (tertiary/aromatic N) is 1. The summed E-state index contributed by atoms with van der Waals surface area (Å²) in [6, 6.07) is 15.3. The number of nitrogens with one attached hydrogen (secondary N) is 1. The molecule has 196 valence electrons. The van der Waals surface area contributed by atoms with Gasteiger partial charge in [0.05, 0.1) is 24.9 Å². The van der Waals surface area contributed by atoms with Gasteiger partial charge in [0.25, 0.3) is 9.70 Å². The van der Waals surface area contributed by atoms with Gasteiger partial charge in [-0.2, -0.15) is 0 Å². The van der Waals surface area contributed by atoms with Gasteiger partial charge in [-0.1, -0.05) is 90.3 Å². The maximum Gasteiger partial charge on any atom is 0.272 e. The van der Waals surface area contributed by atoms with Gasteiger partial charge in [0.15, 0.2) is 6.29 Å². The fourth-order valence-corrected chi connectivity index (χ4v) is 4.84. The van der Waals surface area contributed by atoms with Crippen LogP contribution in [-0.4, -0.2) is 56.7 Å². The fourth-order valence-electron chi connectivity index (χ4n) is 4.64. The molecule has 2 aromatic carbocycles. The van der Waals surface area contributed by atoms with E-state index in [0.29, 0.717) is 13.1 Å². The molecule has 2 heterocycles. The zero-order valence-corrected chi connectivity index (χ0v) is 22.2. The number of halogens is 3. The second-order valence-electron chi connectivity index (χ2n) is 9.45. The van der Waals surface area contributed by atoms with Crippen molar-refractivity contribution in [1.82, 2.24) is 10.2 Å². The second kappa shape index (κ2) is 12.0. The number of alkyl halides is 3. The molecule has 3 N–H and O–H groups in total. The van der Waals surface area contributed by atoms with E-state index in [1.807, 2.05) is 48.5 Å². The Bertz CT molecular complexity index is 1020. The van der Waals surface area contributed by atoms with Gasteiger partial charge in [-0.3, -0.25) is 9.69 Å². The summed E-state index contributed by atoms with van der Waals surface area (Å²) in [5, 5.41) is 22.0. The molecule has 2 fully saturated rings. The molecular formula is C26H31Cl3N2O5. The lowest BCUT2D eigenvalue weighted by molar-refractivity contribution is -0.276. The molecule has 0 saturated carbocycles. The van der Waals surface area contributed by atoms with Crippen molar-refractivity contribution in [2.75, 3.05) is 19.6 Å². The highest BCUT2D eigenvalue weighted by molar-refractivity contribution is 6.76. The van der Waals surface area contributed by atoms with Crippen LogP contribution in [0, 0.1) is 5.92 Å². The van der Waals surface area contributed by atoms with E-state index in [2.05, 4.69) is 17.1 Å². The number of aliphatic hydroxyl groups excluding tert-OH is 2. The van der Waals surface area contributed by atoms with E-state index in [1.165, 1.54) is 0 Å². The molecule has 1 amide bonds. The summed E-state index contributed by atoms with van der Waals surface area (Å²) in [6.07, 6.45) is -0.445. The Labute approximate surface area is 226 Å². The van der Waals surface area contributed by atoms with E-state index >= 15 is 0 Å². The monoisotopic (exact) mass is 556 g/mol. The topological polar surface area (TPSA) is 91.3 Å².